The molecule has 3 N–H and O–H groups in total. The van der Waals surface area contributed by atoms with Crippen molar-refractivity contribution in [2.24, 2.45) is 17.6 Å². The van der Waals surface area contributed by atoms with Crippen LogP contribution in [0.4, 0.5) is 5.69 Å². The zero-order valence-electron chi connectivity index (χ0n) is 18.9. The number of aliphatic hydroxyl groups is 1. The van der Waals surface area contributed by atoms with Gasteiger partial charge in [-0.1, -0.05) is 45.4 Å². The van der Waals surface area contributed by atoms with Crippen molar-refractivity contribution in [3.63, 3.8) is 0 Å². The zero-order valence-corrected chi connectivity index (χ0v) is 18.9. The van der Waals surface area contributed by atoms with Crippen LogP contribution in [0.2, 0.25) is 0 Å². The summed E-state index contributed by atoms with van der Waals surface area (Å²) in [6, 6.07) is 7.19. The molecule has 1 saturated heterocycles. The monoisotopic (exact) mass is 401 g/mol. The van der Waals surface area contributed by atoms with E-state index in [1.54, 1.807) is 7.11 Å². The number of likely N-dealkylation sites (N-methyl/N-ethyl adjacent to an activating group) is 1. The Hall–Kier alpha value is -1.56. The Balaban J connectivity index is 0.000000568. The maximum Gasteiger partial charge on any atom is 0.120 e. The fourth-order valence-corrected chi connectivity index (χ4v) is 6.67. The van der Waals surface area contributed by atoms with E-state index in [-0.39, 0.29) is 17.6 Å². The van der Waals surface area contributed by atoms with Gasteiger partial charge in [0.05, 0.1) is 19.3 Å². The minimum atomic E-state index is -0.294. The number of ether oxygens (including phenoxy) is 1. The van der Waals surface area contributed by atoms with Gasteiger partial charge >= 0.3 is 0 Å². The number of hydrogen-bond acceptors (Lipinski definition) is 5. The molecule has 1 aliphatic carbocycles. The highest BCUT2D eigenvalue weighted by Gasteiger charge is 2.67. The Morgan fingerprint density at radius 1 is 1.24 bits per heavy atom. The first-order valence-electron chi connectivity index (χ1n) is 11.2. The molecule has 0 radical (unpaired) electrons. The van der Waals surface area contributed by atoms with E-state index in [1.165, 1.54) is 18.3 Å². The van der Waals surface area contributed by atoms with E-state index in [4.69, 9.17) is 4.74 Å². The number of benzene rings is 1. The fraction of sp³-hybridized carbons (Fsp3) is 0.667. The van der Waals surface area contributed by atoms with E-state index in [0.29, 0.717) is 17.9 Å². The number of hydrogen-bond donors (Lipinski definition) is 2. The van der Waals surface area contributed by atoms with Gasteiger partial charge in [0.15, 0.2) is 0 Å². The largest absolute Gasteiger partial charge is 0.497 e. The first-order valence-corrected chi connectivity index (χ1v) is 11.2. The minimum Gasteiger partial charge on any atom is -0.497 e. The molecule has 5 heteroatoms. The van der Waals surface area contributed by atoms with E-state index in [2.05, 4.69) is 59.9 Å². The molecule has 0 aromatic heterocycles. The standard InChI is InChI=1S/C21H28N2O2.C2H6.CH5N/c1-4-14-15-6-5-10-23-11-9-21(19(15)23)16-8-7-13(25-3)12-17(16)22(2)20(21)18(14)24;2*1-2/h5-8,12,14-15,18-20,24H,4,9-11H2,1-3H3;1-2H3;2H2,1H3. The molecule has 5 rings (SSSR count). The molecule has 1 aromatic rings. The van der Waals surface area contributed by atoms with Crippen molar-refractivity contribution < 1.29 is 9.84 Å². The summed E-state index contributed by atoms with van der Waals surface area (Å²) in [6.07, 6.45) is 6.60. The fourth-order valence-electron chi connectivity index (χ4n) is 6.67. The summed E-state index contributed by atoms with van der Waals surface area (Å²) in [4.78, 5) is 5.02. The van der Waals surface area contributed by atoms with Crippen molar-refractivity contribution in [1.29, 1.82) is 0 Å². The second kappa shape index (κ2) is 8.66. The third-order valence-corrected chi connectivity index (χ3v) is 7.56. The second-order valence-corrected chi connectivity index (χ2v) is 8.24. The summed E-state index contributed by atoms with van der Waals surface area (Å²) >= 11 is 0. The highest BCUT2D eigenvalue weighted by Crippen LogP contribution is 2.61. The quantitative estimate of drug-likeness (QED) is 0.746. The van der Waals surface area contributed by atoms with Gasteiger partial charge in [0.25, 0.3) is 0 Å². The Bertz CT molecular complexity index is 737. The van der Waals surface area contributed by atoms with E-state index in [9.17, 15) is 5.11 Å². The molecule has 6 unspecified atom stereocenters. The van der Waals surface area contributed by atoms with Gasteiger partial charge in [-0.25, -0.2) is 0 Å². The molecule has 1 saturated carbocycles. The van der Waals surface area contributed by atoms with Gasteiger partial charge in [-0.15, -0.1) is 0 Å². The zero-order chi connectivity index (χ0) is 21.3. The van der Waals surface area contributed by atoms with Crippen LogP contribution < -0.4 is 15.4 Å². The molecule has 1 spiro atoms. The van der Waals surface area contributed by atoms with Gasteiger partial charge in [-0.2, -0.15) is 0 Å². The van der Waals surface area contributed by atoms with Gasteiger partial charge in [0.1, 0.15) is 5.75 Å². The summed E-state index contributed by atoms with van der Waals surface area (Å²) in [7, 11) is 5.39. The molecule has 0 amide bonds. The Labute approximate surface area is 176 Å². The van der Waals surface area contributed by atoms with Crippen molar-refractivity contribution in [2.75, 3.05) is 39.2 Å². The van der Waals surface area contributed by atoms with Crippen molar-refractivity contribution in [1.82, 2.24) is 4.90 Å². The summed E-state index contributed by atoms with van der Waals surface area (Å²) < 4.78 is 5.48. The number of nitrogens with zero attached hydrogens (tertiary/aromatic N) is 2. The lowest BCUT2D eigenvalue weighted by Crippen LogP contribution is -2.67. The van der Waals surface area contributed by atoms with Gasteiger partial charge in [-0.05, 0) is 43.5 Å². The molecule has 5 nitrogen and oxygen atoms in total. The van der Waals surface area contributed by atoms with Crippen LogP contribution in [-0.2, 0) is 5.41 Å². The van der Waals surface area contributed by atoms with Gasteiger partial charge < -0.3 is 20.5 Å². The Morgan fingerprint density at radius 3 is 2.62 bits per heavy atom. The summed E-state index contributed by atoms with van der Waals surface area (Å²) in [5.74, 6) is 1.69. The summed E-state index contributed by atoms with van der Waals surface area (Å²) in [5.41, 5.74) is 7.20. The Morgan fingerprint density at radius 2 is 1.97 bits per heavy atom. The van der Waals surface area contributed by atoms with Crippen molar-refractivity contribution >= 4 is 5.69 Å². The van der Waals surface area contributed by atoms with Crippen LogP contribution >= 0.6 is 0 Å². The number of nitrogens with two attached hydrogens (primary N) is 1. The molecule has 6 atom stereocenters. The second-order valence-electron chi connectivity index (χ2n) is 8.24. The highest BCUT2D eigenvalue weighted by molar-refractivity contribution is 5.68. The van der Waals surface area contributed by atoms with Crippen LogP contribution in [-0.4, -0.2) is 62.5 Å². The number of anilines is 1. The average molecular weight is 402 g/mol. The predicted octanol–water partition coefficient (Wildman–Crippen LogP) is 3.01. The number of rotatable bonds is 2. The maximum atomic E-state index is 11.4. The molecule has 29 heavy (non-hydrogen) atoms. The van der Waals surface area contributed by atoms with Gasteiger partial charge in [0.2, 0.25) is 0 Å². The molecule has 162 valence electrons. The van der Waals surface area contributed by atoms with Crippen molar-refractivity contribution in [3.05, 3.63) is 35.9 Å². The lowest BCUT2D eigenvalue weighted by molar-refractivity contribution is -0.0417. The van der Waals surface area contributed by atoms with Crippen LogP contribution in [0.15, 0.2) is 30.4 Å². The Kier molecular flexibility index (Phi) is 6.61. The third-order valence-electron chi connectivity index (χ3n) is 7.56. The predicted molar refractivity (Wildman–Crippen MR) is 121 cm³/mol. The smallest absolute Gasteiger partial charge is 0.120 e. The molecule has 3 heterocycles. The number of aliphatic hydroxyl groups excluding tert-OH is 1. The van der Waals surface area contributed by atoms with Crippen molar-refractivity contribution in [3.8, 4) is 5.75 Å². The molecular formula is C24H39N3O2. The molecule has 4 aliphatic rings. The number of methoxy groups -OCH3 is 1. The molecule has 3 aliphatic heterocycles. The first kappa shape index (κ1) is 22.1. The topological polar surface area (TPSA) is 62.0 Å². The lowest BCUT2D eigenvalue weighted by atomic mass is 9.56. The SMILES string of the molecule is CC.CCC1C(O)C2N(C)c3cc(OC)ccc3C23CCN2CC=CC1C23.CN. The first-order chi connectivity index (χ1) is 14.1. The van der Waals surface area contributed by atoms with E-state index >= 15 is 0 Å². The van der Waals surface area contributed by atoms with Crippen LogP contribution in [0.25, 0.3) is 0 Å². The maximum absolute atomic E-state index is 11.4. The van der Waals surface area contributed by atoms with Crippen LogP contribution in [0.3, 0.4) is 0 Å². The summed E-state index contributed by atoms with van der Waals surface area (Å²) in [5, 5.41) is 11.4. The van der Waals surface area contributed by atoms with Crippen LogP contribution in [0, 0.1) is 11.8 Å². The molecule has 1 aromatic carbocycles. The molecular weight excluding hydrogens is 362 g/mol. The third kappa shape index (κ3) is 2.93. The number of fused-ring (bicyclic) bond motifs is 1. The van der Waals surface area contributed by atoms with E-state index in [0.717, 1.165) is 31.7 Å². The highest BCUT2D eigenvalue weighted by atomic mass is 16.5. The van der Waals surface area contributed by atoms with E-state index < -0.39 is 0 Å². The van der Waals surface area contributed by atoms with Gasteiger partial charge in [0, 0.05) is 36.8 Å². The van der Waals surface area contributed by atoms with Crippen molar-refractivity contribution in [2.45, 2.75) is 57.2 Å². The molecule has 0 bridgehead atoms. The van der Waals surface area contributed by atoms with Crippen LogP contribution in [0.5, 0.6) is 5.75 Å². The lowest BCUT2D eigenvalue weighted by Gasteiger charge is -2.55. The van der Waals surface area contributed by atoms with Gasteiger partial charge in [-0.3, -0.25) is 4.90 Å². The van der Waals surface area contributed by atoms with E-state index in [1.807, 2.05) is 13.8 Å². The normalized spacial score (nSPS) is 36.1. The average Bonchev–Trinajstić information content (AvgIpc) is 3.28. The van der Waals surface area contributed by atoms with Crippen LogP contribution in [0.1, 0.15) is 39.2 Å². The summed E-state index contributed by atoms with van der Waals surface area (Å²) in [6.45, 7) is 8.41. The molecule has 2 fully saturated rings. The minimum absolute atomic E-state index is 0.0386.